The van der Waals surface area contributed by atoms with Crippen LogP contribution < -0.4 is 9.47 Å². The van der Waals surface area contributed by atoms with E-state index in [1.807, 2.05) is 48.5 Å². The van der Waals surface area contributed by atoms with E-state index in [2.05, 4.69) is 20.8 Å². The molecule has 0 saturated carbocycles. The van der Waals surface area contributed by atoms with E-state index < -0.39 is 11.0 Å². The predicted molar refractivity (Wildman–Crippen MR) is 107 cm³/mol. The monoisotopic (exact) mass is 356 g/mol. The molecule has 0 aliphatic heterocycles. The highest BCUT2D eigenvalue weighted by molar-refractivity contribution is 5.44. The molecule has 0 aliphatic carbocycles. The van der Waals surface area contributed by atoms with Crippen molar-refractivity contribution < 1.29 is 14.6 Å². The van der Waals surface area contributed by atoms with E-state index in [1.54, 1.807) is 14.2 Å². The van der Waals surface area contributed by atoms with Gasteiger partial charge in [-0.2, -0.15) is 0 Å². The summed E-state index contributed by atoms with van der Waals surface area (Å²) in [5, 5.41) is 11.9. The number of unbranched alkanes of at least 4 members (excludes halogenated alkanes) is 2. The quantitative estimate of drug-likeness (QED) is 0.607. The van der Waals surface area contributed by atoms with Crippen LogP contribution in [0.15, 0.2) is 48.5 Å². The minimum Gasteiger partial charge on any atom is -0.497 e. The van der Waals surface area contributed by atoms with E-state index in [9.17, 15) is 5.11 Å². The van der Waals surface area contributed by atoms with E-state index in [-0.39, 0.29) is 0 Å². The summed E-state index contributed by atoms with van der Waals surface area (Å²) in [7, 11) is 3.30. The summed E-state index contributed by atoms with van der Waals surface area (Å²) in [6.45, 7) is 6.37. The fourth-order valence-corrected chi connectivity index (χ4v) is 3.57. The molecule has 2 aromatic rings. The Bertz CT molecular complexity index is 672. The van der Waals surface area contributed by atoms with E-state index in [0.29, 0.717) is 6.42 Å². The number of hydrogen-bond acceptors (Lipinski definition) is 3. The van der Waals surface area contributed by atoms with Crippen LogP contribution in [-0.4, -0.2) is 19.3 Å². The maximum absolute atomic E-state index is 11.9. The molecular weight excluding hydrogens is 324 g/mol. The van der Waals surface area contributed by atoms with Crippen molar-refractivity contribution in [3.8, 4) is 11.5 Å². The lowest BCUT2D eigenvalue weighted by atomic mass is 9.64. The van der Waals surface area contributed by atoms with Crippen molar-refractivity contribution in [1.82, 2.24) is 0 Å². The number of aliphatic hydroxyl groups is 1. The van der Waals surface area contributed by atoms with Crippen LogP contribution in [-0.2, 0) is 11.0 Å². The molecule has 1 unspecified atom stereocenters. The Hall–Kier alpha value is -2.00. The summed E-state index contributed by atoms with van der Waals surface area (Å²) in [5.41, 5.74) is 0.435. The molecule has 1 atom stereocenters. The Kier molecular flexibility index (Phi) is 6.71. The fourth-order valence-electron chi connectivity index (χ4n) is 3.57. The Labute approximate surface area is 158 Å². The molecule has 3 heteroatoms. The maximum Gasteiger partial charge on any atom is 0.122 e. The lowest BCUT2D eigenvalue weighted by molar-refractivity contribution is -0.0418. The van der Waals surface area contributed by atoms with Gasteiger partial charge in [0.05, 0.1) is 19.8 Å². The van der Waals surface area contributed by atoms with E-state index in [0.717, 1.165) is 41.9 Å². The molecule has 1 N–H and O–H groups in total. The van der Waals surface area contributed by atoms with Gasteiger partial charge in [0.1, 0.15) is 11.5 Å². The first-order valence-electron chi connectivity index (χ1n) is 9.40. The first-order valence-corrected chi connectivity index (χ1v) is 9.40. The molecule has 2 aromatic carbocycles. The highest BCUT2D eigenvalue weighted by Crippen LogP contribution is 2.47. The minimum absolute atomic E-state index is 0.524. The molecule has 0 aliphatic rings. The van der Waals surface area contributed by atoms with Crippen molar-refractivity contribution in [1.29, 1.82) is 0 Å². The summed E-state index contributed by atoms with van der Waals surface area (Å²) < 4.78 is 10.9. The summed E-state index contributed by atoms with van der Waals surface area (Å²) in [6, 6.07) is 15.9. The van der Waals surface area contributed by atoms with Crippen LogP contribution in [0.1, 0.15) is 57.6 Å². The Morgan fingerprint density at radius 1 is 0.846 bits per heavy atom. The van der Waals surface area contributed by atoms with Gasteiger partial charge in [-0.1, -0.05) is 70.4 Å². The van der Waals surface area contributed by atoms with Gasteiger partial charge in [0.15, 0.2) is 0 Å². The number of rotatable bonds is 9. The zero-order valence-electron chi connectivity index (χ0n) is 16.7. The van der Waals surface area contributed by atoms with Crippen LogP contribution in [0.5, 0.6) is 11.5 Å². The number of ether oxygens (including phenoxy) is 2. The molecule has 2 rings (SSSR count). The van der Waals surface area contributed by atoms with Crippen LogP contribution in [0.3, 0.4) is 0 Å². The van der Waals surface area contributed by atoms with Crippen molar-refractivity contribution in [2.75, 3.05) is 14.2 Å². The minimum atomic E-state index is -0.985. The number of hydrogen-bond donors (Lipinski definition) is 1. The van der Waals surface area contributed by atoms with E-state index >= 15 is 0 Å². The molecule has 0 fully saturated rings. The Balaban J connectivity index is 2.55. The first kappa shape index (κ1) is 20.3. The summed E-state index contributed by atoms with van der Waals surface area (Å²) in [6.07, 6.45) is 3.91. The summed E-state index contributed by atoms with van der Waals surface area (Å²) in [4.78, 5) is 0. The number of methoxy groups -OCH3 is 2. The third-order valence-electron chi connectivity index (χ3n) is 5.50. The molecule has 0 heterocycles. The molecule has 0 saturated heterocycles. The molecule has 26 heavy (non-hydrogen) atoms. The molecular formula is C23H32O3. The lowest BCUT2D eigenvalue weighted by Crippen LogP contribution is -2.45. The van der Waals surface area contributed by atoms with Crippen molar-refractivity contribution >= 4 is 0 Å². The highest BCUT2D eigenvalue weighted by Gasteiger charge is 2.45. The van der Waals surface area contributed by atoms with Crippen molar-refractivity contribution in [2.24, 2.45) is 0 Å². The molecule has 3 nitrogen and oxygen atoms in total. The van der Waals surface area contributed by atoms with Crippen LogP contribution in [0.25, 0.3) is 0 Å². The second-order valence-corrected chi connectivity index (χ2v) is 7.41. The van der Waals surface area contributed by atoms with Gasteiger partial charge in [-0.3, -0.25) is 0 Å². The zero-order chi connectivity index (χ0) is 19.2. The average Bonchev–Trinajstić information content (AvgIpc) is 2.68. The average molecular weight is 357 g/mol. The largest absolute Gasteiger partial charge is 0.497 e. The topological polar surface area (TPSA) is 38.7 Å². The highest BCUT2D eigenvalue weighted by atomic mass is 16.5. The standard InChI is InChI=1S/C23H32O3/c1-6-7-11-14-23(24,18-12-9-8-10-13-18)22(2,3)19-15-20(25-4)17-21(16-19)26-5/h8-10,12-13,15-17,24H,6-7,11,14H2,1-5H3. The molecule has 0 spiro atoms. The summed E-state index contributed by atoms with van der Waals surface area (Å²) in [5.74, 6) is 1.47. The maximum atomic E-state index is 11.9. The Morgan fingerprint density at radius 3 is 1.92 bits per heavy atom. The second kappa shape index (κ2) is 8.59. The zero-order valence-corrected chi connectivity index (χ0v) is 16.7. The van der Waals surface area contributed by atoms with Gasteiger partial charge >= 0.3 is 0 Å². The van der Waals surface area contributed by atoms with Crippen molar-refractivity contribution in [3.63, 3.8) is 0 Å². The molecule has 0 radical (unpaired) electrons. The SMILES string of the molecule is CCCCCC(O)(c1ccccc1)C(C)(C)c1cc(OC)cc(OC)c1. The van der Waals surface area contributed by atoms with Gasteiger partial charge in [0.2, 0.25) is 0 Å². The first-order chi connectivity index (χ1) is 12.4. The molecule has 0 bridgehead atoms. The van der Waals surface area contributed by atoms with Gasteiger partial charge in [0, 0.05) is 11.5 Å². The molecule has 142 valence electrons. The van der Waals surface area contributed by atoms with Crippen LogP contribution in [0, 0.1) is 0 Å². The van der Waals surface area contributed by atoms with Crippen molar-refractivity contribution in [3.05, 3.63) is 59.7 Å². The predicted octanol–water partition coefficient (Wildman–Crippen LogP) is 5.45. The van der Waals surface area contributed by atoms with Crippen LogP contribution >= 0.6 is 0 Å². The Morgan fingerprint density at radius 2 is 1.42 bits per heavy atom. The number of benzene rings is 2. The van der Waals surface area contributed by atoms with Gasteiger partial charge in [-0.05, 0) is 29.7 Å². The van der Waals surface area contributed by atoms with Gasteiger partial charge in [0.25, 0.3) is 0 Å². The smallest absolute Gasteiger partial charge is 0.122 e. The van der Waals surface area contributed by atoms with Gasteiger partial charge in [-0.15, -0.1) is 0 Å². The van der Waals surface area contributed by atoms with Crippen molar-refractivity contribution in [2.45, 2.75) is 57.5 Å². The lowest BCUT2D eigenvalue weighted by Gasteiger charge is -2.44. The molecule has 0 amide bonds. The fraction of sp³-hybridized carbons (Fsp3) is 0.478. The normalized spacial score (nSPS) is 13.9. The van der Waals surface area contributed by atoms with E-state index in [1.165, 1.54) is 0 Å². The third kappa shape index (κ3) is 4.04. The van der Waals surface area contributed by atoms with Gasteiger partial charge < -0.3 is 14.6 Å². The molecule has 0 aromatic heterocycles. The van der Waals surface area contributed by atoms with Crippen LogP contribution in [0.4, 0.5) is 0 Å². The third-order valence-corrected chi connectivity index (χ3v) is 5.50. The second-order valence-electron chi connectivity index (χ2n) is 7.41. The van der Waals surface area contributed by atoms with E-state index in [4.69, 9.17) is 9.47 Å². The summed E-state index contributed by atoms with van der Waals surface area (Å²) >= 11 is 0. The van der Waals surface area contributed by atoms with Crippen LogP contribution in [0.2, 0.25) is 0 Å². The van der Waals surface area contributed by atoms with Gasteiger partial charge in [-0.25, -0.2) is 0 Å².